The Bertz CT molecular complexity index is 462. The van der Waals surface area contributed by atoms with E-state index in [1.165, 1.54) is 0 Å². The minimum atomic E-state index is -0.793. The molecule has 1 amide bonds. The standard InChI is InChI=1S/C10H16BrNO2.C8H12O4/c1-12-10(14)8-4-2-7(3-5-8)9(13)6-11;9-7(10)5-1-2-6(4-3-5)8(11)12/h7-8H,2-6H2,1H3,(H,12,14);5-6H,1-4H2,(H,9,10)(H,11,12). The second-order valence-corrected chi connectivity index (χ2v) is 7.55. The Hall–Kier alpha value is -1.44. The van der Waals surface area contributed by atoms with E-state index in [9.17, 15) is 19.2 Å². The summed E-state index contributed by atoms with van der Waals surface area (Å²) >= 11 is 3.18. The predicted molar refractivity (Wildman–Crippen MR) is 99.0 cm³/mol. The average molecular weight is 434 g/mol. The molecule has 0 saturated heterocycles. The minimum Gasteiger partial charge on any atom is -0.481 e. The summed E-state index contributed by atoms with van der Waals surface area (Å²) in [6.45, 7) is 0. The quantitative estimate of drug-likeness (QED) is 0.572. The third-order valence-electron chi connectivity index (χ3n) is 5.36. The lowest BCUT2D eigenvalue weighted by Crippen LogP contribution is -2.32. The summed E-state index contributed by atoms with van der Waals surface area (Å²) in [6, 6.07) is 0. The molecule has 2 rings (SSSR count). The van der Waals surface area contributed by atoms with E-state index in [4.69, 9.17) is 10.2 Å². The first-order valence-corrected chi connectivity index (χ1v) is 10.2. The van der Waals surface area contributed by atoms with Gasteiger partial charge in [-0.2, -0.15) is 0 Å². The van der Waals surface area contributed by atoms with Crippen LogP contribution in [0.1, 0.15) is 51.4 Å². The van der Waals surface area contributed by atoms with Crippen LogP contribution in [0.25, 0.3) is 0 Å². The number of carboxylic acids is 2. The zero-order chi connectivity index (χ0) is 19.7. The first kappa shape index (κ1) is 22.6. The third-order valence-corrected chi connectivity index (χ3v) is 5.91. The first-order valence-electron chi connectivity index (χ1n) is 9.06. The normalized spacial score (nSPS) is 28.2. The molecule has 0 bridgehead atoms. The molecule has 0 radical (unpaired) electrons. The summed E-state index contributed by atoms with van der Waals surface area (Å²) in [7, 11) is 1.66. The molecule has 0 spiro atoms. The number of carbonyl (C=O) groups is 4. The van der Waals surface area contributed by atoms with Crippen molar-refractivity contribution in [2.75, 3.05) is 12.4 Å². The van der Waals surface area contributed by atoms with E-state index >= 15 is 0 Å². The molecule has 0 aliphatic heterocycles. The molecule has 2 fully saturated rings. The molecule has 3 N–H and O–H groups in total. The van der Waals surface area contributed by atoms with E-state index in [-0.39, 0.29) is 35.4 Å². The van der Waals surface area contributed by atoms with Gasteiger partial charge >= 0.3 is 11.9 Å². The number of ketones is 1. The lowest BCUT2D eigenvalue weighted by molar-refractivity contribution is -0.148. The van der Waals surface area contributed by atoms with Crippen LogP contribution in [-0.4, -0.2) is 46.2 Å². The Kier molecular flexibility index (Phi) is 9.83. The number of carboxylic acid groups (broad SMARTS) is 2. The fraction of sp³-hybridized carbons (Fsp3) is 0.778. The highest BCUT2D eigenvalue weighted by molar-refractivity contribution is 9.09. The number of rotatable bonds is 5. The molecular formula is C18H28BrNO6. The van der Waals surface area contributed by atoms with Gasteiger partial charge in [0.05, 0.1) is 17.2 Å². The maximum atomic E-state index is 11.4. The van der Waals surface area contributed by atoms with Crippen molar-refractivity contribution in [3.63, 3.8) is 0 Å². The number of nitrogens with one attached hydrogen (secondary N) is 1. The Labute approximate surface area is 162 Å². The molecule has 0 aromatic heterocycles. The molecule has 7 nitrogen and oxygen atoms in total. The minimum absolute atomic E-state index is 0.120. The first-order chi connectivity index (χ1) is 12.3. The number of amides is 1. The number of hydrogen-bond donors (Lipinski definition) is 3. The van der Waals surface area contributed by atoms with Crippen molar-refractivity contribution in [1.82, 2.24) is 5.32 Å². The van der Waals surface area contributed by atoms with Crippen LogP contribution in [0, 0.1) is 23.7 Å². The fourth-order valence-electron chi connectivity index (χ4n) is 3.58. The van der Waals surface area contributed by atoms with Gasteiger partial charge in [0.25, 0.3) is 0 Å². The summed E-state index contributed by atoms with van der Waals surface area (Å²) in [5.74, 6) is -1.52. The van der Waals surface area contributed by atoms with Gasteiger partial charge in [0.1, 0.15) is 5.78 Å². The lowest BCUT2D eigenvalue weighted by Gasteiger charge is -2.25. The summed E-state index contributed by atoms with van der Waals surface area (Å²) < 4.78 is 0. The number of alkyl halides is 1. The van der Waals surface area contributed by atoms with E-state index in [2.05, 4.69) is 21.2 Å². The van der Waals surface area contributed by atoms with Crippen LogP contribution < -0.4 is 5.32 Å². The van der Waals surface area contributed by atoms with E-state index in [0.29, 0.717) is 31.0 Å². The molecule has 2 saturated carbocycles. The maximum Gasteiger partial charge on any atom is 0.306 e. The monoisotopic (exact) mass is 433 g/mol. The summed E-state index contributed by atoms with van der Waals surface area (Å²) in [4.78, 5) is 43.6. The van der Waals surface area contributed by atoms with Gasteiger partial charge in [-0.05, 0) is 51.4 Å². The highest BCUT2D eigenvalue weighted by Gasteiger charge is 2.29. The van der Waals surface area contributed by atoms with Crippen molar-refractivity contribution in [1.29, 1.82) is 0 Å². The molecule has 8 heteroatoms. The average Bonchev–Trinajstić information content (AvgIpc) is 2.67. The zero-order valence-electron chi connectivity index (χ0n) is 15.1. The summed E-state index contributed by atoms with van der Waals surface area (Å²) in [5, 5.41) is 20.3. The van der Waals surface area contributed by atoms with Gasteiger partial charge in [-0.15, -0.1) is 0 Å². The van der Waals surface area contributed by atoms with Crippen molar-refractivity contribution in [2.45, 2.75) is 51.4 Å². The van der Waals surface area contributed by atoms with E-state index in [1.54, 1.807) is 7.05 Å². The molecule has 0 aromatic rings. The van der Waals surface area contributed by atoms with Crippen LogP contribution in [-0.2, 0) is 19.2 Å². The molecule has 148 valence electrons. The van der Waals surface area contributed by atoms with E-state index in [0.717, 1.165) is 25.7 Å². The van der Waals surface area contributed by atoms with Gasteiger partial charge in [0.2, 0.25) is 5.91 Å². The van der Waals surface area contributed by atoms with Gasteiger partial charge in [-0.3, -0.25) is 19.2 Å². The number of hydrogen-bond acceptors (Lipinski definition) is 4. The van der Waals surface area contributed by atoms with Gasteiger partial charge in [0.15, 0.2) is 0 Å². The Morgan fingerprint density at radius 2 is 1.12 bits per heavy atom. The van der Waals surface area contributed by atoms with Crippen LogP contribution in [0.5, 0.6) is 0 Å². The number of Topliss-reactive ketones (excluding diaryl/α,β-unsaturated/α-hetero) is 1. The van der Waals surface area contributed by atoms with Crippen LogP contribution in [0.2, 0.25) is 0 Å². The molecule has 2 aliphatic carbocycles. The third kappa shape index (κ3) is 7.05. The Morgan fingerprint density at radius 3 is 1.42 bits per heavy atom. The van der Waals surface area contributed by atoms with E-state index in [1.807, 2.05) is 0 Å². The topological polar surface area (TPSA) is 121 Å². The van der Waals surface area contributed by atoms with Crippen LogP contribution in [0.15, 0.2) is 0 Å². The zero-order valence-corrected chi connectivity index (χ0v) is 16.7. The van der Waals surface area contributed by atoms with Crippen molar-refractivity contribution >= 4 is 39.6 Å². The summed E-state index contributed by atoms with van der Waals surface area (Å²) in [6.07, 6.45) is 5.45. The Morgan fingerprint density at radius 1 is 0.769 bits per heavy atom. The molecule has 2 aliphatic rings. The second kappa shape index (κ2) is 11.3. The highest BCUT2D eigenvalue weighted by Crippen LogP contribution is 2.30. The Balaban J connectivity index is 0.000000263. The van der Waals surface area contributed by atoms with E-state index < -0.39 is 11.9 Å². The van der Waals surface area contributed by atoms with Crippen LogP contribution in [0.3, 0.4) is 0 Å². The predicted octanol–water partition coefficient (Wildman–Crippen LogP) is 2.46. The van der Waals surface area contributed by atoms with Crippen LogP contribution in [0.4, 0.5) is 0 Å². The van der Waals surface area contributed by atoms with Crippen molar-refractivity contribution < 1.29 is 29.4 Å². The summed E-state index contributed by atoms with van der Waals surface area (Å²) in [5.41, 5.74) is 0. The smallest absolute Gasteiger partial charge is 0.306 e. The van der Waals surface area contributed by atoms with Crippen molar-refractivity contribution in [3.8, 4) is 0 Å². The highest BCUT2D eigenvalue weighted by atomic mass is 79.9. The number of aliphatic carboxylic acids is 2. The number of carbonyl (C=O) groups excluding carboxylic acids is 2. The maximum absolute atomic E-state index is 11.4. The molecular weight excluding hydrogens is 406 g/mol. The van der Waals surface area contributed by atoms with Gasteiger partial charge < -0.3 is 15.5 Å². The molecule has 26 heavy (non-hydrogen) atoms. The number of halogens is 1. The van der Waals surface area contributed by atoms with Gasteiger partial charge in [-0.25, -0.2) is 0 Å². The fourth-order valence-corrected chi connectivity index (χ4v) is 4.04. The van der Waals surface area contributed by atoms with Gasteiger partial charge in [0, 0.05) is 18.9 Å². The SMILES string of the molecule is CNC(=O)C1CCC(C(=O)CBr)CC1.O=C(O)C1CCC(C(=O)O)CC1. The van der Waals surface area contributed by atoms with Crippen LogP contribution >= 0.6 is 15.9 Å². The molecule has 0 heterocycles. The van der Waals surface area contributed by atoms with Crippen molar-refractivity contribution in [3.05, 3.63) is 0 Å². The lowest BCUT2D eigenvalue weighted by atomic mass is 9.80. The second-order valence-electron chi connectivity index (χ2n) is 6.99. The largest absolute Gasteiger partial charge is 0.481 e. The molecule has 0 aromatic carbocycles. The molecule has 0 unspecified atom stereocenters. The van der Waals surface area contributed by atoms with Crippen molar-refractivity contribution in [2.24, 2.45) is 23.7 Å². The van der Waals surface area contributed by atoms with Gasteiger partial charge in [-0.1, -0.05) is 15.9 Å². The molecule has 0 atom stereocenters.